The van der Waals surface area contributed by atoms with Crippen molar-refractivity contribution in [2.45, 2.75) is 46.2 Å². The van der Waals surface area contributed by atoms with Gasteiger partial charge in [-0.25, -0.2) is 9.59 Å². The lowest BCUT2D eigenvalue weighted by Crippen LogP contribution is -2.50. The third-order valence-electron chi connectivity index (χ3n) is 5.90. The minimum atomic E-state index is -0.555. The number of esters is 1. The van der Waals surface area contributed by atoms with E-state index < -0.39 is 12.0 Å². The van der Waals surface area contributed by atoms with Gasteiger partial charge in [-0.05, 0) is 43.5 Å². The first-order chi connectivity index (χ1) is 15.8. The fourth-order valence-electron chi connectivity index (χ4n) is 4.19. The van der Waals surface area contributed by atoms with E-state index in [-0.39, 0.29) is 12.6 Å². The molecule has 0 bridgehead atoms. The zero-order chi connectivity index (χ0) is 24.0. The summed E-state index contributed by atoms with van der Waals surface area (Å²) in [6.45, 7) is 9.87. The molecule has 1 aliphatic rings. The molecule has 0 saturated heterocycles. The van der Waals surface area contributed by atoms with E-state index in [0.717, 1.165) is 5.56 Å². The minimum absolute atomic E-state index is 0.202. The molecule has 0 unspecified atom stereocenters. The molecule has 6 heteroatoms. The largest absolute Gasteiger partial charge is 0.463 e. The Kier molecular flexibility index (Phi) is 8.28. The van der Waals surface area contributed by atoms with Gasteiger partial charge < -0.3 is 10.1 Å². The summed E-state index contributed by atoms with van der Waals surface area (Å²) in [6, 6.07) is 17.5. The number of carbonyl (C=O) groups excluding carboxylic acids is 2. The molecule has 2 amide bonds. The number of hydrogen-bond acceptors (Lipinski definition) is 4. The number of benzene rings is 2. The van der Waals surface area contributed by atoms with E-state index in [1.165, 1.54) is 11.1 Å². The van der Waals surface area contributed by atoms with Crippen LogP contribution in [0.2, 0.25) is 0 Å². The number of urea groups is 1. The molecule has 2 aromatic carbocycles. The van der Waals surface area contributed by atoms with Crippen LogP contribution in [0, 0.1) is 0 Å². The van der Waals surface area contributed by atoms with Crippen molar-refractivity contribution in [3.63, 3.8) is 0 Å². The van der Waals surface area contributed by atoms with Crippen molar-refractivity contribution in [3.05, 3.63) is 82.6 Å². The molecule has 1 atom stereocenters. The van der Waals surface area contributed by atoms with Gasteiger partial charge in [0.1, 0.15) is 0 Å². The van der Waals surface area contributed by atoms with Crippen molar-refractivity contribution in [2.24, 2.45) is 0 Å². The topological polar surface area (TPSA) is 61.9 Å². The van der Waals surface area contributed by atoms with Gasteiger partial charge >= 0.3 is 12.0 Å². The van der Waals surface area contributed by atoms with E-state index in [1.54, 1.807) is 11.8 Å². The Morgan fingerprint density at radius 2 is 1.73 bits per heavy atom. The molecule has 1 aliphatic heterocycles. The van der Waals surface area contributed by atoms with Crippen LogP contribution in [0.15, 0.2) is 65.9 Å². The maximum Gasteiger partial charge on any atom is 0.338 e. The van der Waals surface area contributed by atoms with Crippen molar-refractivity contribution in [1.29, 1.82) is 0 Å². The van der Waals surface area contributed by atoms with Crippen LogP contribution in [0.4, 0.5) is 4.79 Å². The Morgan fingerprint density at radius 1 is 1.06 bits per heavy atom. The fourth-order valence-corrected chi connectivity index (χ4v) is 4.19. The maximum absolute atomic E-state index is 13.2. The summed E-state index contributed by atoms with van der Waals surface area (Å²) >= 11 is 0. The van der Waals surface area contributed by atoms with Gasteiger partial charge in [-0.1, -0.05) is 68.4 Å². The molecule has 176 valence electrons. The second-order valence-corrected chi connectivity index (χ2v) is 8.69. The van der Waals surface area contributed by atoms with Crippen molar-refractivity contribution in [1.82, 2.24) is 15.1 Å². The highest BCUT2D eigenvalue weighted by Crippen LogP contribution is 2.32. The summed E-state index contributed by atoms with van der Waals surface area (Å²) in [6.07, 6.45) is 0. The Labute approximate surface area is 197 Å². The molecule has 0 fully saturated rings. The number of amides is 2. The Balaban J connectivity index is 2.03. The van der Waals surface area contributed by atoms with E-state index in [2.05, 4.69) is 48.3 Å². The van der Waals surface area contributed by atoms with Gasteiger partial charge in [0.15, 0.2) is 0 Å². The number of nitrogens with zero attached hydrogens (tertiary/aromatic N) is 2. The molecule has 1 N–H and O–H groups in total. The summed E-state index contributed by atoms with van der Waals surface area (Å²) in [7, 11) is 2.00. The van der Waals surface area contributed by atoms with Crippen LogP contribution in [-0.4, -0.2) is 48.5 Å². The third-order valence-corrected chi connectivity index (χ3v) is 5.90. The van der Waals surface area contributed by atoms with E-state index in [1.807, 2.05) is 44.3 Å². The minimum Gasteiger partial charge on any atom is -0.463 e. The van der Waals surface area contributed by atoms with Gasteiger partial charge in [0, 0.05) is 25.3 Å². The molecule has 1 heterocycles. The van der Waals surface area contributed by atoms with Gasteiger partial charge in [0.25, 0.3) is 0 Å². The molecule has 0 spiro atoms. The second-order valence-electron chi connectivity index (χ2n) is 8.69. The molecule has 0 radical (unpaired) electrons. The molecule has 2 aromatic rings. The van der Waals surface area contributed by atoms with Crippen LogP contribution in [0.25, 0.3) is 0 Å². The molecular weight excluding hydrogens is 414 g/mol. The average Bonchev–Trinajstić information content (AvgIpc) is 2.79. The van der Waals surface area contributed by atoms with Gasteiger partial charge in [0.05, 0.1) is 18.2 Å². The van der Waals surface area contributed by atoms with Gasteiger partial charge in [0.2, 0.25) is 0 Å². The Bertz CT molecular complexity index is 983. The molecule has 33 heavy (non-hydrogen) atoms. The standard InChI is InChI=1S/C27H35N3O3/c1-6-30-23(18-29(5)17-20-11-9-8-10-12-20)24(26(31)33-7-2)25(28-27(30)32)22-15-13-21(14-16-22)19(3)4/h8-16,19,25H,6-7,17-18H2,1-5H3,(H,28,32)/t25-/m1/s1. The zero-order valence-electron chi connectivity index (χ0n) is 20.3. The van der Waals surface area contributed by atoms with Gasteiger partial charge in [-0.15, -0.1) is 0 Å². The van der Waals surface area contributed by atoms with Crippen LogP contribution >= 0.6 is 0 Å². The van der Waals surface area contributed by atoms with Crippen LogP contribution in [0.3, 0.4) is 0 Å². The lowest BCUT2D eigenvalue weighted by molar-refractivity contribution is -0.139. The molecule has 0 saturated carbocycles. The summed E-state index contributed by atoms with van der Waals surface area (Å²) in [5.41, 5.74) is 4.43. The third kappa shape index (κ3) is 5.82. The maximum atomic E-state index is 13.2. The highest BCUT2D eigenvalue weighted by atomic mass is 16.5. The first kappa shape index (κ1) is 24.5. The molecule has 0 aliphatic carbocycles. The SMILES string of the molecule is CCOC(=O)C1=C(CN(C)Cc2ccccc2)N(CC)C(=O)N[C@@H]1c1ccc(C(C)C)cc1. The van der Waals surface area contributed by atoms with Crippen molar-refractivity contribution in [3.8, 4) is 0 Å². The van der Waals surface area contributed by atoms with E-state index in [9.17, 15) is 9.59 Å². The van der Waals surface area contributed by atoms with Gasteiger partial charge in [-0.2, -0.15) is 0 Å². The van der Waals surface area contributed by atoms with Crippen LogP contribution < -0.4 is 5.32 Å². The normalized spacial score (nSPS) is 16.4. The number of likely N-dealkylation sites (N-methyl/N-ethyl adjacent to an activating group) is 2. The van der Waals surface area contributed by atoms with E-state index in [4.69, 9.17) is 4.74 Å². The predicted octanol–water partition coefficient (Wildman–Crippen LogP) is 4.85. The number of rotatable bonds is 9. The lowest BCUT2D eigenvalue weighted by Gasteiger charge is -2.37. The van der Waals surface area contributed by atoms with Crippen molar-refractivity contribution >= 4 is 12.0 Å². The van der Waals surface area contributed by atoms with Crippen molar-refractivity contribution in [2.75, 3.05) is 26.7 Å². The molecular formula is C27H35N3O3. The number of hydrogen-bond donors (Lipinski definition) is 1. The summed E-state index contributed by atoms with van der Waals surface area (Å²) in [4.78, 5) is 30.0. The first-order valence-electron chi connectivity index (χ1n) is 11.7. The predicted molar refractivity (Wildman–Crippen MR) is 131 cm³/mol. The zero-order valence-corrected chi connectivity index (χ0v) is 20.3. The van der Waals surface area contributed by atoms with Gasteiger partial charge in [-0.3, -0.25) is 9.80 Å². The highest BCUT2D eigenvalue weighted by molar-refractivity contribution is 5.95. The molecule has 3 rings (SSSR count). The Morgan fingerprint density at radius 3 is 2.30 bits per heavy atom. The summed E-state index contributed by atoms with van der Waals surface area (Å²) in [5, 5.41) is 3.03. The quantitative estimate of drug-likeness (QED) is 0.556. The van der Waals surface area contributed by atoms with E-state index >= 15 is 0 Å². The highest BCUT2D eigenvalue weighted by Gasteiger charge is 2.38. The number of nitrogens with one attached hydrogen (secondary N) is 1. The van der Waals surface area contributed by atoms with E-state index in [0.29, 0.717) is 36.8 Å². The molecule has 6 nitrogen and oxygen atoms in total. The first-order valence-corrected chi connectivity index (χ1v) is 11.7. The second kappa shape index (κ2) is 11.1. The monoisotopic (exact) mass is 449 g/mol. The molecule has 0 aromatic heterocycles. The smallest absolute Gasteiger partial charge is 0.338 e. The number of carbonyl (C=O) groups is 2. The average molecular weight is 450 g/mol. The lowest BCUT2D eigenvalue weighted by atomic mass is 9.92. The van der Waals surface area contributed by atoms with Crippen LogP contribution in [-0.2, 0) is 16.1 Å². The van der Waals surface area contributed by atoms with Crippen LogP contribution in [0.5, 0.6) is 0 Å². The summed E-state index contributed by atoms with van der Waals surface area (Å²) in [5.74, 6) is 0.00911. The fraction of sp³-hybridized carbons (Fsp3) is 0.407. The summed E-state index contributed by atoms with van der Waals surface area (Å²) < 4.78 is 5.46. The van der Waals surface area contributed by atoms with Crippen LogP contribution in [0.1, 0.15) is 56.3 Å². The van der Waals surface area contributed by atoms with Crippen molar-refractivity contribution < 1.29 is 14.3 Å². The number of ether oxygens (including phenoxy) is 1. The Hall–Kier alpha value is -3.12.